The molecule has 0 aliphatic carbocycles. The summed E-state index contributed by atoms with van der Waals surface area (Å²) in [6, 6.07) is 10.3. The number of nitrogens with zero attached hydrogens (tertiary/aromatic N) is 2. The van der Waals surface area contributed by atoms with Crippen molar-refractivity contribution in [3.8, 4) is 11.4 Å². The smallest absolute Gasteiger partial charge is 0.298 e. The molecule has 0 atom stereocenters. The van der Waals surface area contributed by atoms with Crippen LogP contribution in [0.2, 0.25) is 0 Å². The van der Waals surface area contributed by atoms with Crippen molar-refractivity contribution in [1.29, 1.82) is 0 Å². The van der Waals surface area contributed by atoms with Crippen molar-refractivity contribution in [2.75, 3.05) is 5.32 Å². The number of halogens is 3. The highest BCUT2D eigenvalue weighted by Crippen LogP contribution is 2.42. The van der Waals surface area contributed by atoms with Gasteiger partial charge in [0.25, 0.3) is 5.91 Å². The molecule has 170 valence electrons. The van der Waals surface area contributed by atoms with Gasteiger partial charge in [-0.1, -0.05) is 65.0 Å². The van der Waals surface area contributed by atoms with Crippen LogP contribution >= 0.6 is 11.3 Å². The third-order valence-corrected chi connectivity index (χ3v) is 5.96. The molecular formula is C24H26F3N3OS. The molecule has 0 fully saturated rings. The lowest BCUT2D eigenvalue weighted by Crippen LogP contribution is -2.20. The van der Waals surface area contributed by atoms with Crippen molar-refractivity contribution in [2.24, 2.45) is 0 Å². The molecule has 0 saturated carbocycles. The van der Waals surface area contributed by atoms with Gasteiger partial charge in [-0.15, -0.1) is 0 Å². The summed E-state index contributed by atoms with van der Waals surface area (Å²) >= 11 is 0.396. The molecule has 8 heteroatoms. The Labute approximate surface area is 189 Å². The maximum absolute atomic E-state index is 13.6. The summed E-state index contributed by atoms with van der Waals surface area (Å²) in [4.78, 5) is 20.2. The number of carbonyl (C=O) groups excluding carboxylic acids is 1. The minimum Gasteiger partial charge on any atom is -0.298 e. The number of nitrogens with one attached hydrogen (secondary N) is 1. The van der Waals surface area contributed by atoms with Crippen molar-refractivity contribution in [3.63, 3.8) is 0 Å². The highest BCUT2D eigenvalue weighted by molar-refractivity contribution is 7.16. The van der Waals surface area contributed by atoms with Crippen LogP contribution in [0.4, 0.5) is 18.3 Å². The standard InChI is InChI=1S/C24H26F3N3OS/c1-22(2,3)15-11-14(12-16(13-15)23(4,5)6)20(31)30-21-29-18(17-9-7-8-10-28-17)19(32-21)24(25,26)27/h7-13H,1-6H3,(H,29,30,31). The van der Waals surface area contributed by atoms with Gasteiger partial charge in [-0.3, -0.25) is 15.1 Å². The number of hydrogen-bond donors (Lipinski definition) is 1. The van der Waals surface area contributed by atoms with E-state index in [1.165, 1.54) is 12.3 Å². The van der Waals surface area contributed by atoms with Crippen LogP contribution in [0.15, 0.2) is 42.6 Å². The Morgan fingerprint density at radius 2 is 1.53 bits per heavy atom. The zero-order chi connectivity index (χ0) is 23.9. The SMILES string of the molecule is CC(C)(C)c1cc(C(=O)Nc2nc(-c3ccccn3)c(C(F)(F)F)s2)cc(C(C)(C)C)c1. The highest BCUT2D eigenvalue weighted by atomic mass is 32.1. The normalized spacial score (nSPS) is 12.7. The van der Waals surface area contributed by atoms with E-state index in [-0.39, 0.29) is 27.3 Å². The molecule has 0 saturated heterocycles. The van der Waals surface area contributed by atoms with Gasteiger partial charge in [0.15, 0.2) is 5.13 Å². The molecule has 1 N–H and O–H groups in total. The Hall–Kier alpha value is -2.74. The van der Waals surface area contributed by atoms with E-state index in [9.17, 15) is 18.0 Å². The third-order valence-electron chi connectivity index (χ3n) is 4.94. The lowest BCUT2D eigenvalue weighted by Gasteiger charge is -2.26. The maximum atomic E-state index is 13.6. The number of anilines is 1. The van der Waals surface area contributed by atoms with Gasteiger partial charge in [-0.2, -0.15) is 13.2 Å². The minimum absolute atomic E-state index is 0.0984. The van der Waals surface area contributed by atoms with Gasteiger partial charge in [0, 0.05) is 11.8 Å². The molecular weight excluding hydrogens is 435 g/mol. The molecule has 2 aromatic heterocycles. The van der Waals surface area contributed by atoms with Crippen LogP contribution in [0.3, 0.4) is 0 Å². The van der Waals surface area contributed by atoms with Crippen molar-refractivity contribution in [2.45, 2.75) is 58.5 Å². The molecule has 32 heavy (non-hydrogen) atoms. The number of thiazole rings is 1. The van der Waals surface area contributed by atoms with E-state index < -0.39 is 17.0 Å². The number of carbonyl (C=O) groups is 1. The molecule has 0 radical (unpaired) electrons. The lowest BCUT2D eigenvalue weighted by molar-refractivity contribution is -0.134. The Kier molecular flexibility index (Phi) is 6.21. The first-order valence-corrected chi connectivity index (χ1v) is 10.9. The number of alkyl halides is 3. The second-order valence-corrected chi connectivity index (χ2v) is 10.7. The molecule has 0 unspecified atom stereocenters. The van der Waals surface area contributed by atoms with E-state index in [2.05, 4.69) is 21.4 Å². The molecule has 1 aromatic carbocycles. The second kappa shape index (κ2) is 8.31. The van der Waals surface area contributed by atoms with Crippen LogP contribution in [-0.2, 0) is 17.0 Å². The van der Waals surface area contributed by atoms with Crippen LogP contribution in [-0.4, -0.2) is 15.9 Å². The van der Waals surface area contributed by atoms with Crippen molar-refractivity contribution in [3.05, 3.63) is 64.2 Å². The zero-order valence-corrected chi connectivity index (χ0v) is 19.7. The summed E-state index contributed by atoms with van der Waals surface area (Å²) in [5.41, 5.74) is 1.72. The largest absolute Gasteiger partial charge is 0.427 e. The van der Waals surface area contributed by atoms with E-state index in [4.69, 9.17) is 0 Å². The van der Waals surface area contributed by atoms with E-state index in [0.717, 1.165) is 11.1 Å². The monoisotopic (exact) mass is 461 g/mol. The van der Waals surface area contributed by atoms with Gasteiger partial charge in [0.05, 0.1) is 5.69 Å². The summed E-state index contributed by atoms with van der Waals surface area (Å²) in [5, 5.41) is 2.44. The van der Waals surface area contributed by atoms with E-state index >= 15 is 0 Å². The summed E-state index contributed by atoms with van der Waals surface area (Å²) < 4.78 is 40.8. The highest BCUT2D eigenvalue weighted by Gasteiger charge is 2.38. The molecule has 3 aromatic rings. The van der Waals surface area contributed by atoms with Crippen LogP contribution in [0.5, 0.6) is 0 Å². The lowest BCUT2D eigenvalue weighted by atomic mass is 9.79. The van der Waals surface area contributed by atoms with Crippen LogP contribution in [0.1, 0.15) is 67.9 Å². The number of amides is 1. The zero-order valence-electron chi connectivity index (χ0n) is 18.9. The Balaban J connectivity index is 2.02. The summed E-state index contributed by atoms with van der Waals surface area (Å²) in [5.74, 6) is -0.503. The first-order valence-electron chi connectivity index (χ1n) is 10.1. The van der Waals surface area contributed by atoms with Crippen molar-refractivity contribution >= 4 is 22.4 Å². The summed E-state index contributed by atoms with van der Waals surface area (Å²) in [7, 11) is 0. The number of aromatic nitrogens is 2. The number of rotatable bonds is 3. The summed E-state index contributed by atoms with van der Waals surface area (Å²) in [6.07, 6.45) is -3.21. The fourth-order valence-corrected chi connectivity index (χ4v) is 3.87. The second-order valence-electron chi connectivity index (χ2n) is 9.66. The first-order chi connectivity index (χ1) is 14.7. The summed E-state index contributed by atoms with van der Waals surface area (Å²) in [6.45, 7) is 12.3. The van der Waals surface area contributed by atoms with Crippen LogP contribution < -0.4 is 5.32 Å². The van der Waals surface area contributed by atoms with Gasteiger partial charge in [0.2, 0.25) is 0 Å². The molecule has 0 aliphatic rings. The van der Waals surface area contributed by atoms with Crippen LogP contribution in [0, 0.1) is 0 Å². The number of pyridine rings is 1. The molecule has 0 spiro atoms. The Bertz CT molecular complexity index is 1090. The van der Waals surface area contributed by atoms with Gasteiger partial charge in [0.1, 0.15) is 10.6 Å². The van der Waals surface area contributed by atoms with Gasteiger partial charge in [-0.05, 0) is 46.2 Å². The van der Waals surface area contributed by atoms with Gasteiger partial charge >= 0.3 is 6.18 Å². The number of benzene rings is 1. The third kappa shape index (κ3) is 5.35. The predicted octanol–water partition coefficient (Wildman–Crippen LogP) is 7.07. The van der Waals surface area contributed by atoms with Crippen molar-refractivity contribution < 1.29 is 18.0 Å². The fourth-order valence-electron chi connectivity index (χ4n) is 3.04. The quantitative estimate of drug-likeness (QED) is 0.454. The molecule has 2 heterocycles. The number of hydrogen-bond acceptors (Lipinski definition) is 4. The molecule has 3 rings (SSSR count). The molecule has 1 amide bonds. The van der Waals surface area contributed by atoms with Gasteiger partial charge in [-0.25, -0.2) is 4.98 Å². The molecule has 0 aliphatic heterocycles. The van der Waals surface area contributed by atoms with E-state index in [1.54, 1.807) is 24.3 Å². The van der Waals surface area contributed by atoms with E-state index in [1.807, 2.05) is 41.5 Å². The topological polar surface area (TPSA) is 54.9 Å². The fraction of sp³-hybridized carbons (Fsp3) is 0.375. The average Bonchev–Trinajstić information content (AvgIpc) is 3.11. The maximum Gasteiger partial charge on any atom is 0.427 e. The van der Waals surface area contributed by atoms with Gasteiger partial charge < -0.3 is 0 Å². The molecule has 0 bridgehead atoms. The average molecular weight is 462 g/mol. The molecule has 4 nitrogen and oxygen atoms in total. The minimum atomic E-state index is -4.61. The Morgan fingerprint density at radius 1 is 0.938 bits per heavy atom. The Morgan fingerprint density at radius 3 is 2.00 bits per heavy atom. The predicted molar refractivity (Wildman–Crippen MR) is 122 cm³/mol. The first kappa shape index (κ1) is 23.9. The van der Waals surface area contributed by atoms with E-state index in [0.29, 0.717) is 16.9 Å². The van der Waals surface area contributed by atoms with Crippen molar-refractivity contribution in [1.82, 2.24) is 9.97 Å². The van der Waals surface area contributed by atoms with Crippen LogP contribution in [0.25, 0.3) is 11.4 Å².